The van der Waals surface area contributed by atoms with E-state index in [1.165, 1.54) is 24.3 Å². The van der Waals surface area contributed by atoms with Crippen molar-refractivity contribution >= 4 is 39.1 Å². The second-order valence-electron chi connectivity index (χ2n) is 5.65. The minimum atomic E-state index is -0.469. The van der Waals surface area contributed by atoms with E-state index >= 15 is 0 Å². The predicted octanol–water partition coefficient (Wildman–Crippen LogP) is 4.01. The molecule has 9 heteroatoms. The summed E-state index contributed by atoms with van der Waals surface area (Å²) in [5.74, 6) is -0.756. The van der Waals surface area contributed by atoms with Crippen molar-refractivity contribution in [2.24, 2.45) is 0 Å². The van der Waals surface area contributed by atoms with Gasteiger partial charge in [0.05, 0.1) is 11.3 Å². The Kier molecular flexibility index (Phi) is 6.37. The Bertz CT molecular complexity index is 1010. The largest absolute Gasteiger partial charge is 0.486 e. The summed E-state index contributed by atoms with van der Waals surface area (Å²) >= 11 is 4.45. The smallest absolute Gasteiger partial charge is 0.281 e. The number of ether oxygens (including phenoxy) is 1. The number of nitrogens with one attached hydrogen (secondary N) is 2. The number of halogens is 2. The van der Waals surface area contributed by atoms with Crippen LogP contribution in [0.25, 0.3) is 0 Å². The number of aromatic nitrogens is 1. The minimum absolute atomic E-state index is 0.147. The van der Waals surface area contributed by atoms with Crippen LogP contribution in [0.4, 0.5) is 4.39 Å². The van der Waals surface area contributed by atoms with Crippen molar-refractivity contribution in [2.45, 2.75) is 13.5 Å². The summed E-state index contributed by atoms with van der Waals surface area (Å²) in [7, 11) is 0. The molecular formula is C19H15BrFN3O3S. The molecule has 0 saturated carbocycles. The molecule has 3 rings (SSSR count). The first-order valence-electron chi connectivity index (χ1n) is 8.14. The normalized spacial score (nSPS) is 10.4. The predicted molar refractivity (Wildman–Crippen MR) is 107 cm³/mol. The zero-order valence-corrected chi connectivity index (χ0v) is 17.1. The van der Waals surface area contributed by atoms with Crippen molar-refractivity contribution in [3.63, 3.8) is 0 Å². The van der Waals surface area contributed by atoms with Crippen LogP contribution in [-0.2, 0) is 6.61 Å². The summed E-state index contributed by atoms with van der Waals surface area (Å²) in [5.41, 5.74) is 5.69. The summed E-state index contributed by atoms with van der Waals surface area (Å²) in [4.78, 5) is 29.2. The van der Waals surface area contributed by atoms with Crippen molar-refractivity contribution in [3.05, 3.63) is 80.0 Å². The number of amides is 2. The maximum atomic E-state index is 12.9. The first kappa shape index (κ1) is 20.0. The van der Waals surface area contributed by atoms with Gasteiger partial charge in [0.2, 0.25) is 0 Å². The average molecular weight is 464 g/mol. The van der Waals surface area contributed by atoms with E-state index in [0.717, 1.165) is 11.3 Å². The minimum Gasteiger partial charge on any atom is -0.486 e. The number of carbonyl (C=O) groups is 2. The van der Waals surface area contributed by atoms with Gasteiger partial charge in [-0.3, -0.25) is 20.4 Å². The number of hydrogen-bond donors (Lipinski definition) is 2. The fraction of sp³-hybridized carbons (Fsp3) is 0.105. The quantitative estimate of drug-likeness (QED) is 0.560. The highest BCUT2D eigenvalue weighted by Crippen LogP contribution is 2.20. The van der Waals surface area contributed by atoms with Gasteiger partial charge >= 0.3 is 0 Å². The van der Waals surface area contributed by atoms with E-state index in [2.05, 4.69) is 31.8 Å². The van der Waals surface area contributed by atoms with Gasteiger partial charge < -0.3 is 4.74 Å². The molecule has 0 aliphatic heterocycles. The Morgan fingerprint density at radius 1 is 1.11 bits per heavy atom. The van der Waals surface area contributed by atoms with E-state index in [1.54, 1.807) is 31.2 Å². The number of benzene rings is 2. The van der Waals surface area contributed by atoms with Crippen LogP contribution < -0.4 is 15.6 Å². The Labute approximate surface area is 172 Å². The molecule has 28 heavy (non-hydrogen) atoms. The van der Waals surface area contributed by atoms with Gasteiger partial charge in [-0.1, -0.05) is 12.1 Å². The zero-order valence-electron chi connectivity index (χ0n) is 14.7. The number of nitrogens with zero attached hydrogens (tertiary/aromatic N) is 1. The van der Waals surface area contributed by atoms with Crippen LogP contribution in [0.1, 0.15) is 30.7 Å². The highest BCUT2D eigenvalue weighted by Gasteiger charge is 2.17. The van der Waals surface area contributed by atoms with E-state index in [-0.39, 0.29) is 12.4 Å². The summed E-state index contributed by atoms with van der Waals surface area (Å²) in [6.07, 6.45) is 0. The van der Waals surface area contributed by atoms with Gasteiger partial charge in [0.15, 0.2) is 0 Å². The summed E-state index contributed by atoms with van der Waals surface area (Å²) in [6.45, 7) is 1.84. The number of hydrogen-bond acceptors (Lipinski definition) is 5. The first-order chi connectivity index (χ1) is 13.4. The van der Waals surface area contributed by atoms with Crippen LogP contribution in [0.3, 0.4) is 0 Å². The molecule has 2 amide bonds. The highest BCUT2D eigenvalue weighted by molar-refractivity contribution is 9.10. The highest BCUT2D eigenvalue weighted by atomic mass is 79.9. The lowest BCUT2D eigenvalue weighted by Crippen LogP contribution is -2.41. The topological polar surface area (TPSA) is 80.3 Å². The molecule has 0 aliphatic rings. The molecule has 0 fully saturated rings. The Morgan fingerprint density at radius 3 is 2.50 bits per heavy atom. The van der Waals surface area contributed by atoms with Crippen LogP contribution in [-0.4, -0.2) is 16.8 Å². The van der Waals surface area contributed by atoms with E-state index in [9.17, 15) is 14.0 Å². The van der Waals surface area contributed by atoms with Crippen LogP contribution in [0.2, 0.25) is 0 Å². The lowest BCUT2D eigenvalue weighted by Gasteiger charge is -2.07. The third kappa shape index (κ3) is 4.93. The van der Waals surface area contributed by atoms with Gasteiger partial charge in [-0.05, 0) is 59.3 Å². The average Bonchev–Trinajstić information content (AvgIpc) is 3.06. The van der Waals surface area contributed by atoms with Crippen molar-refractivity contribution < 1.29 is 18.7 Å². The summed E-state index contributed by atoms with van der Waals surface area (Å²) in [5, 5.41) is 0.587. The third-order valence-electron chi connectivity index (χ3n) is 3.63. The van der Waals surface area contributed by atoms with Gasteiger partial charge in [-0.2, -0.15) is 0 Å². The zero-order chi connectivity index (χ0) is 20.1. The van der Waals surface area contributed by atoms with Gasteiger partial charge in [-0.15, -0.1) is 11.3 Å². The van der Waals surface area contributed by atoms with Crippen molar-refractivity contribution in [1.29, 1.82) is 0 Å². The molecular weight excluding hydrogens is 449 g/mol. The molecule has 1 heterocycles. The fourth-order valence-electron chi connectivity index (χ4n) is 2.28. The molecule has 6 nitrogen and oxygen atoms in total. The first-order valence-corrected chi connectivity index (χ1v) is 9.75. The molecule has 0 saturated heterocycles. The molecule has 0 spiro atoms. The molecule has 2 N–H and O–H groups in total. The van der Waals surface area contributed by atoms with Gasteiger partial charge in [0.25, 0.3) is 11.8 Å². The molecule has 0 unspecified atom stereocenters. The fourth-order valence-corrected chi connectivity index (χ4v) is 3.62. The monoisotopic (exact) mass is 463 g/mol. The lowest BCUT2D eigenvalue weighted by molar-refractivity contribution is 0.0848. The van der Waals surface area contributed by atoms with Gasteiger partial charge in [0, 0.05) is 4.47 Å². The second kappa shape index (κ2) is 8.94. The number of hydrazine groups is 1. The maximum Gasteiger partial charge on any atom is 0.281 e. The molecule has 3 aromatic rings. The molecule has 144 valence electrons. The SMILES string of the molecule is Cc1nc(COc2ccc(F)cc2)sc1C(=O)NNC(=O)c1ccccc1Br. The van der Waals surface area contributed by atoms with Crippen molar-refractivity contribution in [1.82, 2.24) is 15.8 Å². The third-order valence-corrected chi connectivity index (χ3v) is 5.45. The Hall–Kier alpha value is -2.78. The van der Waals surface area contributed by atoms with Crippen molar-refractivity contribution in [2.75, 3.05) is 0 Å². The van der Waals surface area contributed by atoms with E-state index in [1.807, 2.05) is 0 Å². The van der Waals surface area contributed by atoms with E-state index in [4.69, 9.17) is 4.74 Å². The number of aryl methyl sites for hydroxylation is 1. The number of carbonyl (C=O) groups excluding carboxylic acids is 2. The van der Waals surface area contributed by atoms with E-state index < -0.39 is 11.8 Å². The Morgan fingerprint density at radius 2 is 1.79 bits per heavy atom. The number of thiazole rings is 1. The lowest BCUT2D eigenvalue weighted by atomic mass is 10.2. The standard InChI is InChI=1S/C19H15BrFN3O3S/c1-11-17(19(26)24-23-18(25)14-4-2-3-5-15(14)20)28-16(22-11)10-27-13-8-6-12(21)7-9-13/h2-9H,10H2,1H3,(H,23,25)(H,24,26). The van der Waals surface area contributed by atoms with E-state index in [0.29, 0.717) is 31.4 Å². The van der Waals surface area contributed by atoms with Gasteiger partial charge in [0.1, 0.15) is 28.1 Å². The molecule has 0 bridgehead atoms. The number of rotatable bonds is 5. The van der Waals surface area contributed by atoms with Crippen LogP contribution in [0.5, 0.6) is 5.75 Å². The molecule has 1 aromatic heterocycles. The van der Waals surface area contributed by atoms with Gasteiger partial charge in [-0.25, -0.2) is 9.37 Å². The second-order valence-corrected chi connectivity index (χ2v) is 7.59. The van der Waals surface area contributed by atoms with Crippen molar-refractivity contribution in [3.8, 4) is 5.75 Å². The summed E-state index contributed by atoms with van der Waals surface area (Å²) < 4.78 is 19.1. The maximum absolute atomic E-state index is 12.9. The van der Waals surface area contributed by atoms with Crippen LogP contribution >= 0.6 is 27.3 Å². The Balaban J connectivity index is 1.59. The molecule has 0 atom stereocenters. The molecule has 0 aliphatic carbocycles. The van der Waals surface area contributed by atoms with Crippen LogP contribution in [0.15, 0.2) is 53.0 Å². The summed E-state index contributed by atoms with van der Waals surface area (Å²) in [6, 6.07) is 12.5. The van der Waals surface area contributed by atoms with Crippen LogP contribution in [0, 0.1) is 12.7 Å². The molecule has 2 aromatic carbocycles. The molecule has 0 radical (unpaired) electrons.